The molecular formula is C22H25ClN6O6S2. The summed E-state index contributed by atoms with van der Waals surface area (Å²) in [5.41, 5.74) is 5.17. The van der Waals surface area contributed by atoms with E-state index in [1.807, 2.05) is 0 Å². The molecule has 198 valence electrons. The normalized spacial score (nSPS) is 23.1. The minimum absolute atomic E-state index is 0.00846. The Bertz CT molecular complexity index is 1190. The maximum Gasteiger partial charge on any atom is 0.316 e. The summed E-state index contributed by atoms with van der Waals surface area (Å²) < 4.78 is 14.7. The zero-order chi connectivity index (χ0) is 26.6. The van der Waals surface area contributed by atoms with Crippen molar-refractivity contribution in [3.63, 3.8) is 0 Å². The molecule has 2 aromatic rings. The summed E-state index contributed by atoms with van der Waals surface area (Å²) in [4.78, 5) is 49.4. The number of anilines is 1. The average Bonchev–Trinajstić information content (AvgIpc) is 3.35. The zero-order valence-electron chi connectivity index (χ0n) is 20.0. The van der Waals surface area contributed by atoms with E-state index in [1.165, 1.54) is 16.7 Å². The van der Waals surface area contributed by atoms with E-state index in [-0.39, 0.29) is 53.6 Å². The molecule has 0 aliphatic carbocycles. The van der Waals surface area contributed by atoms with Crippen LogP contribution in [0.25, 0.3) is 0 Å². The number of amides is 2. The summed E-state index contributed by atoms with van der Waals surface area (Å²) in [7, 11) is 1.57. The minimum Gasteiger partial charge on any atom is -0.497 e. The van der Waals surface area contributed by atoms with Gasteiger partial charge in [0.15, 0.2) is 5.13 Å². The third-order valence-corrected chi connectivity index (χ3v) is 8.44. The molecule has 2 unspecified atom stereocenters. The van der Waals surface area contributed by atoms with Crippen molar-refractivity contribution in [2.24, 2.45) is 10.6 Å². The third-order valence-electron chi connectivity index (χ3n) is 5.80. The standard InChI is InChI=1S/C22H25ClN6O6S2/c1-3-35-27-14(16-26-21(24)37-28-16)17(30)25-15-18(31)29-10-22(9-23,11-36-19(15)29)20(32)34-8-12-4-6-13(33-2)7-5-12/h4-7,15,19H,3,8-11H2,1-2H3,(H,25,30)(H2,24,26,28)/t15?,19-,22?/m1/s1. The lowest BCUT2D eigenvalue weighted by molar-refractivity contribution is -0.162. The molecule has 2 amide bonds. The van der Waals surface area contributed by atoms with Crippen LogP contribution in [0, 0.1) is 5.41 Å². The van der Waals surface area contributed by atoms with Crippen molar-refractivity contribution in [2.75, 3.05) is 37.6 Å². The second-order valence-electron chi connectivity index (χ2n) is 8.27. The summed E-state index contributed by atoms with van der Waals surface area (Å²) in [5, 5.41) is 6.26. The summed E-state index contributed by atoms with van der Waals surface area (Å²) in [6, 6.07) is 6.34. The van der Waals surface area contributed by atoms with Gasteiger partial charge in [-0.3, -0.25) is 14.4 Å². The van der Waals surface area contributed by atoms with Gasteiger partial charge in [-0.25, -0.2) is 0 Å². The second kappa shape index (κ2) is 11.5. The Morgan fingerprint density at radius 2 is 2.11 bits per heavy atom. The quantitative estimate of drug-likeness (QED) is 0.140. The molecule has 3 heterocycles. The molecule has 37 heavy (non-hydrogen) atoms. The number of benzene rings is 1. The van der Waals surface area contributed by atoms with Gasteiger partial charge in [0.1, 0.15) is 35.8 Å². The first kappa shape index (κ1) is 26.9. The van der Waals surface area contributed by atoms with E-state index in [0.717, 1.165) is 17.1 Å². The molecule has 1 aromatic carbocycles. The Labute approximate surface area is 226 Å². The van der Waals surface area contributed by atoms with Gasteiger partial charge in [-0.15, -0.1) is 23.4 Å². The van der Waals surface area contributed by atoms with Crippen molar-refractivity contribution in [1.29, 1.82) is 0 Å². The van der Waals surface area contributed by atoms with E-state index < -0.39 is 23.3 Å². The molecule has 0 spiro atoms. The number of ether oxygens (including phenoxy) is 2. The van der Waals surface area contributed by atoms with Crippen molar-refractivity contribution in [3.8, 4) is 5.75 Å². The number of esters is 1. The number of rotatable bonds is 10. The Morgan fingerprint density at radius 3 is 2.73 bits per heavy atom. The van der Waals surface area contributed by atoms with Crippen molar-refractivity contribution in [1.82, 2.24) is 19.6 Å². The fourth-order valence-electron chi connectivity index (χ4n) is 3.76. The van der Waals surface area contributed by atoms with Gasteiger partial charge in [-0.2, -0.15) is 9.36 Å². The molecule has 1 aromatic heterocycles. The number of hydrogen-bond donors (Lipinski definition) is 2. The maximum atomic E-state index is 13.0. The molecule has 3 N–H and O–H groups in total. The van der Waals surface area contributed by atoms with Crippen LogP contribution in [0.15, 0.2) is 29.4 Å². The highest BCUT2D eigenvalue weighted by Gasteiger charge is 2.57. The number of nitrogens with zero attached hydrogens (tertiary/aromatic N) is 4. The van der Waals surface area contributed by atoms with E-state index in [9.17, 15) is 14.4 Å². The fraction of sp³-hybridized carbons (Fsp3) is 0.455. The summed E-state index contributed by atoms with van der Waals surface area (Å²) in [5.74, 6) is -0.484. The van der Waals surface area contributed by atoms with E-state index >= 15 is 0 Å². The number of β-lactam (4-membered cyclic amide) rings is 1. The number of nitrogen functional groups attached to an aromatic ring is 1. The van der Waals surface area contributed by atoms with Crippen LogP contribution in [0.4, 0.5) is 5.13 Å². The van der Waals surface area contributed by atoms with Gasteiger partial charge in [0, 0.05) is 29.7 Å². The highest BCUT2D eigenvalue weighted by atomic mass is 35.5. The van der Waals surface area contributed by atoms with Gasteiger partial charge in [-0.05, 0) is 24.6 Å². The predicted octanol–water partition coefficient (Wildman–Crippen LogP) is 1.24. The van der Waals surface area contributed by atoms with Crippen LogP contribution >= 0.6 is 34.9 Å². The summed E-state index contributed by atoms with van der Waals surface area (Å²) in [6.07, 6.45) is 0. The van der Waals surface area contributed by atoms with E-state index in [2.05, 4.69) is 19.8 Å². The summed E-state index contributed by atoms with van der Waals surface area (Å²) in [6.45, 7) is 2.09. The number of hydrogen-bond acceptors (Lipinski definition) is 12. The largest absolute Gasteiger partial charge is 0.497 e. The molecule has 2 fully saturated rings. The number of carbonyl (C=O) groups is 3. The van der Waals surface area contributed by atoms with Crippen LogP contribution in [-0.4, -0.2) is 81.1 Å². The molecule has 3 atom stereocenters. The highest BCUT2D eigenvalue weighted by molar-refractivity contribution is 8.00. The lowest BCUT2D eigenvalue weighted by Crippen LogP contribution is -2.74. The Kier molecular flexibility index (Phi) is 8.39. The zero-order valence-corrected chi connectivity index (χ0v) is 22.4. The third kappa shape index (κ3) is 5.60. The molecule has 15 heteroatoms. The fourth-order valence-corrected chi connectivity index (χ4v) is 6.14. The lowest BCUT2D eigenvalue weighted by atomic mass is 9.89. The van der Waals surface area contributed by atoms with Crippen LogP contribution in [0.3, 0.4) is 0 Å². The van der Waals surface area contributed by atoms with Crippen molar-refractivity contribution < 1.29 is 28.7 Å². The number of nitrogens with two attached hydrogens (primary N) is 1. The monoisotopic (exact) mass is 568 g/mol. The van der Waals surface area contributed by atoms with Crippen molar-refractivity contribution in [2.45, 2.75) is 24.9 Å². The van der Waals surface area contributed by atoms with Crippen LogP contribution in [0.1, 0.15) is 18.3 Å². The number of thioether (sulfide) groups is 1. The first-order valence-corrected chi connectivity index (χ1v) is 13.6. The van der Waals surface area contributed by atoms with Gasteiger partial charge < -0.3 is 30.3 Å². The second-order valence-corrected chi connectivity index (χ2v) is 10.4. The van der Waals surface area contributed by atoms with Gasteiger partial charge in [0.05, 0.1) is 7.11 Å². The van der Waals surface area contributed by atoms with E-state index in [0.29, 0.717) is 11.5 Å². The number of aromatic nitrogens is 2. The van der Waals surface area contributed by atoms with Gasteiger partial charge in [0.2, 0.25) is 17.4 Å². The average molecular weight is 569 g/mol. The first-order chi connectivity index (χ1) is 17.8. The molecule has 2 saturated heterocycles. The predicted molar refractivity (Wildman–Crippen MR) is 138 cm³/mol. The number of methoxy groups -OCH3 is 1. The highest BCUT2D eigenvalue weighted by Crippen LogP contribution is 2.43. The molecule has 0 radical (unpaired) electrons. The van der Waals surface area contributed by atoms with Gasteiger partial charge in [0.25, 0.3) is 5.91 Å². The van der Waals surface area contributed by atoms with Crippen molar-refractivity contribution in [3.05, 3.63) is 35.7 Å². The number of oxime groups is 1. The lowest BCUT2D eigenvalue weighted by Gasteiger charge is -2.53. The Hall–Kier alpha value is -3.10. The SMILES string of the molecule is CCON=C(C(=O)NC1C(=O)N2CC(CCl)(C(=O)OCc3ccc(OC)cc3)CS[C@H]12)c1nsc(N)n1. The molecule has 0 saturated carbocycles. The topological polar surface area (TPSA) is 158 Å². The number of alkyl halides is 1. The number of halogens is 1. The maximum absolute atomic E-state index is 13.0. The van der Waals surface area contributed by atoms with Crippen LogP contribution in [-0.2, 0) is 30.6 Å². The Morgan fingerprint density at radius 1 is 1.35 bits per heavy atom. The van der Waals surface area contributed by atoms with Crippen LogP contribution in [0.2, 0.25) is 0 Å². The van der Waals surface area contributed by atoms with Gasteiger partial charge in [-0.1, -0.05) is 17.3 Å². The number of carbonyl (C=O) groups excluding carboxylic acids is 3. The van der Waals surface area contributed by atoms with Crippen LogP contribution < -0.4 is 15.8 Å². The molecule has 2 aliphatic rings. The van der Waals surface area contributed by atoms with Gasteiger partial charge >= 0.3 is 5.97 Å². The summed E-state index contributed by atoms with van der Waals surface area (Å²) >= 11 is 8.49. The minimum atomic E-state index is -1.07. The number of nitrogens with one attached hydrogen (secondary N) is 1. The molecule has 4 rings (SSSR count). The van der Waals surface area contributed by atoms with E-state index in [4.69, 9.17) is 31.6 Å². The molecular weight excluding hydrogens is 544 g/mol. The Balaban J connectivity index is 1.38. The molecule has 12 nitrogen and oxygen atoms in total. The first-order valence-electron chi connectivity index (χ1n) is 11.2. The molecule has 2 aliphatic heterocycles. The smallest absolute Gasteiger partial charge is 0.316 e. The number of fused-ring (bicyclic) bond motifs is 1. The van der Waals surface area contributed by atoms with Crippen molar-refractivity contribution >= 4 is 63.5 Å². The van der Waals surface area contributed by atoms with E-state index in [1.54, 1.807) is 38.3 Å². The van der Waals surface area contributed by atoms with Crippen LogP contribution in [0.5, 0.6) is 5.75 Å². The molecule has 0 bridgehead atoms.